The summed E-state index contributed by atoms with van der Waals surface area (Å²) in [6.07, 6.45) is 0. The van der Waals surface area contributed by atoms with E-state index in [0.29, 0.717) is 18.1 Å². The zero-order valence-electron chi connectivity index (χ0n) is 18.5. The van der Waals surface area contributed by atoms with Crippen molar-refractivity contribution in [2.75, 3.05) is 13.7 Å². The Balaban J connectivity index is 1.43. The van der Waals surface area contributed by atoms with Gasteiger partial charge in [-0.05, 0) is 29.8 Å². The van der Waals surface area contributed by atoms with Crippen LogP contribution in [-0.4, -0.2) is 39.9 Å². The Morgan fingerprint density at radius 1 is 0.939 bits per heavy atom. The molecule has 7 nitrogen and oxygen atoms in total. The van der Waals surface area contributed by atoms with Crippen LogP contribution in [0.2, 0.25) is 0 Å². The van der Waals surface area contributed by atoms with Crippen LogP contribution in [0.15, 0.2) is 84.9 Å². The molecule has 4 aromatic rings. The SMILES string of the molecule is CN(Cc1ccccc1)C(=O)Cn1c(CNC(=O)COc2ccccc2)nc2ccccc21. The van der Waals surface area contributed by atoms with E-state index in [1.165, 1.54) is 0 Å². The maximum atomic E-state index is 13.0. The minimum atomic E-state index is -0.259. The Morgan fingerprint density at radius 3 is 2.36 bits per heavy atom. The highest BCUT2D eigenvalue weighted by Crippen LogP contribution is 2.17. The Bertz CT molecular complexity index is 1220. The van der Waals surface area contributed by atoms with Crippen molar-refractivity contribution in [2.24, 2.45) is 0 Å². The third-order valence-electron chi connectivity index (χ3n) is 5.27. The van der Waals surface area contributed by atoms with Crippen LogP contribution < -0.4 is 10.1 Å². The number of rotatable bonds is 9. The molecular weight excluding hydrogens is 416 g/mol. The van der Waals surface area contributed by atoms with Crippen LogP contribution >= 0.6 is 0 Å². The molecular formula is C26H26N4O3. The topological polar surface area (TPSA) is 76.5 Å². The van der Waals surface area contributed by atoms with Crippen molar-refractivity contribution < 1.29 is 14.3 Å². The number of benzene rings is 3. The minimum Gasteiger partial charge on any atom is -0.484 e. The molecule has 0 unspecified atom stereocenters. The van der Waals surface area contributed by atoms with Gasteiger partial charge in [-0.2, -0.15) is 0 Å². The standard InChI is InChI=1S/C26H26N4O3/c1-29(17-20-10-4-2-5-11-20)26(32)18-30-23-15-9-8-14-22(23)28-24(30)16-27-25(31)19-33-21-12-6-3-7-13-21/h2-15H,16-19H2,1H3,(H,27,31). The van der Waals surface area contributed by atoms with Crippen LogP contribution in [0.4, 0.5) is 0 Å². The summed E-state index contributed by atoms with van der Waals surface area (Å²) in [4.78, 5) is 31.6. The number of likely N-dealkylation sites (N-methyl/N-ethyl adjacent to an activating group) is 1. The number of fused-ring (bicyclic) bond motifs is 1. The fraction of sp³-hybridized carbons (Fsp3) is 0.192. The van der Waals surface area contributed by atoms with Gasteiger partial charge in [0.2, 0.25) is 5.91 Å². The highest BCUT2D eigenvalue weighted by molar-refractivity contribution is 5.81. The number of nitrogens with zero attached hydrogens (tertiary/aromatic N) is 3. The molecule has 4 rings (SSSR count). The van der Waals surface area contributed by atoms with E-state index in [9.17, 15) is 9.59 Å². The van der Waals surface area contributed by atoms with Crippen LogP contribution in [0.5, 0.6) is 5.75 Å². The predicted octanol–water partition coefficient (Wildman–Crippen LogP) is 3.39. The molecule has 1 aromatic heterocycles. The summed E-state index contributed by atoms with van der Waals surface area (Å²) < 4.78 is 7.36. The van der Waals surface area contributed by atoms with Gasteiger partial charge in [-0.3, -0.25) is 9.59 Å². The number of para-hydroxylation sites is 3. The van der Waals surface area contributed by atoms with Crippen molar-refractivity contribution >= 4 is 22.8 Å². The van der Waals surface area contributed by atoms with Gasteiger partial charge >= 0.3 is 0 Å². The van der Waals surface area contributed by atoms with E-state index in [1.54, 1.807) is 24.1 Å². The molecule has 0 spiro atoms. The number of ether oxygens (including phenoxy) is 1. The lowest BCUT2D eigenvalue weighted by atomic mass is 10.2. The van der Waals surface area contributed by atoms with E-state index in [1.807, 2.05) is 77.4 Å². The number of hydrogen-bond donors (Lipinski definition) is 1. The summed E-state index contributed by atoms with van der Waals surface area (Å²) in [6, 6.07) is 26.7. The van der Waals surface area contributed by atoms with Gasteiger partial charge in [0.25, 0.3) is 5.91 Å². The monoisotopic (exact) mass is 442 g/mol. The Hall–Kier alpha value is -4.13. The summed E-state index contributed by atoms with van der Waals surface area (Å²) in [7, 11) is 1.79. The average Bonchev–Trinajstić information content (AvgIpc) is 3.20. The molecule has 3 aromatic carbocycles. The highest BCUT2D eigenvalue weighted by atomic mass is 16.5. The van der Waals surface area contributed by atoms with E-state index in [-0.39, 0.29) is 31.5 Å². The van der Waals surface area contributed by atoms with Gasteiger partial charge in [0, 0.05) is 13.6 Å². The smallest absolute Gasteiger partial charge is 0.258 e. The highest BCUT2D eigenvalue weighted by Gasteiger charge is 2.17. The van der Waals surface area contributed by atoms with Crippen LogP contribution in [0, 0.1) is 0 Å². The van der Waals surface area contributed by atoms with Crippen molar-refractivity contribution in [3.63, 3.8) is 0 Å². The van der Waals surface area contributed by atoms with E-state index in [2.05, 4.69) is 10.3 Å². The molecule has 1 heterocycles. The van der Waals surface area contributed by atoms with Crippen molar-refractivity contribution in [3.05, 3.63) is 96.3 Å². The fourth-order valence-electron chi connectivity index (χ4n) is 3.53. The number of amides is 2. The van der Waals surface area contributed by atoms with E-state index < -0.39 is 0 Å². The predicted molar refractivity (Wildman–Crippen MR) is 126 cm³/mol. The van der Waals surface area contributed by atoms with Gasteiger partial charge in [-0.25, -0.2) is 4.98 Å². The Labute approximate surface area is 192 Å². The molecule has 2 amide bonds. The molecule has 33 heavy (non-hydrogen) atoms. The van der Waals surface area contributed by atoms with Gasteiger partial charge in [-0.1, -0.05) is 60.7 Å². The Morgan fingerprint density at radius 2 is 1.61 bits per heavy atom. The third kappa shape index (κ3) is 5.77. The Kier molecular flexibility index (Phi) is 6.99. The second-order valence-electron chi connectivity index (χ2n) is 7.72. The van der Waals surface area contributed by atoms with Gasteiger partial charge in [0.1, 0.15) is 18.1 Å². The molecule has 7 heteroatoms. The zero-order chi connectivity index (χ0) is 23.0. The number of carbonyl (C=O) groups is 2. The molecule has 168 valence electrons. The quantitative estimate of drug-likeness (QED) is 0.431. The number of carbonyl (C=O) groups excluding carboxylic acids is 2. The lowest BCUT2D eigenvalue weighted by Gasteiger charge is -2.19. The summed E-state index contributed by atoms with van der Waals surface area (Å²) in [6.45, 7) is 0.759. The first-order chi connectivity index (χ1) is 16.1. The van der Waals surface area contributed by atoms with Gasteiger partial charge in [-0.15, -0.1) is 0 Å². The molecule has 0 saturated carbocycles. The maximum absolute atomic E-state index is 13.0. The van der Waals surface area contributed by atoms with Crippen LogP contribution in [0.25, 0.3) is 11.0 Å². The molecule has 0 aliphatic carbocycles. The molecule has 0 atom stereocenters. The van der Waals surface area contributed by atoms with Crippen molar-refractivity contribution in [3.8, 4) is 5.75 Å². The van der Waals surface area contributed by atoms with Crippen LogP contribution in [-0.2, 0) is 29.2 Å². The number of imidazole rings is 1. The summed E-state index contributed by atoms with van der Waals surface area (Å²) >= 11 is 0. The van der Waals surface area contributed by atoms with E-state index >= 15 is 0 Å². The molecule has 0 aliphatic heterocycles. The van der Waals surface area contributed by atoms with E-state index in [0.717, 1.165) is 16.6 Å². The van der Waals surface area contributed by atoms with Crippen molar-refractivity contribution in [2.45, 2.75) is 19.6 Å². The second-order valence-corrected chi connectivity index (χ2v) is 7.72. The van der Waals surface area contributed by atoms with Crippen molar-refractivity contribution in [1.82, 2.24) is 19.8 Å². The molecule has 1 N–H and O–H groups in total. The van der Waals surface area contributed by atoms with E-state index in [4.69, 9.17) is 4.74 Å². The summed E-state index contributed by atoms with van der Waals surface area (Å²) in [5.74, 6) is 0.949. The maximum Gasteiger partial charge on any atom is 0.258 e. The summed E-state index contributed by atoms with van der Waals surface area (Å²) in [5, 5.41) is 2.84. The number of aromatic nitrogens is 2. The molecule has 0 aliphatic rings. The molecule has 0 fully saturated rings. The first kappa shape index (κ1) is 22.1. The fourth-order valence-corrected chi connectivity index (χ4v) is 3.53. The zero-order valence-corrected chi connectivity index (χ0v) is 18.5. The largest absolute Gasteiger partial charge is 0.484 e. The second kappa shape index (κ2) is 10.5. The first-order valence-electron chi connectivity index (χ1n) is 10.8. The normalized spacial score (nSPS) is 10.7. The summed E-state index contributed by atoms with van der Waals surface area (Å²) in [5.41, 5.74) is 2.69. The van der Waals surface area contributed by atoms with Gasteiger partial charge in [0.15, 0.2) is 6.61 Å². The number of hydrogen-bond acceptors (Lipinski definition) is 4. The molecule has 0 bridgehead atoms. The van der Waals surface area contributed by atoms with Gasteiger partial charge in [0.05, 0.1) is 17.6 Å². The minimum absolute atomic E-state index is 0.0398. The van der Waals surface area contributed by atoms with Crippen LogP contribution in [0.1, 0.15) is 11.4 Å². The van der Waals surface area contributed by atoms with Gasteiger partial charge < -0.3 is 19.5 Å². The lowest BCUT2D eigenvalue weighted by molar-refractivity contribution is -0.131. The van der Waals surface area contributed by atoms with Crippen molar-refractivity contribution in [1.29, 1.82) is 0 Å². The first-order valence-corrected chi connectivity index (χ1v) is 10.8. The number of nitrogens with one attached hydrogen (secondary N) is 1. The lowest BCUT2D eigenvalue weighted by Crippen LogP contribution is -2.32. The molecule has 0 saturated heterocycles. The van der Waals surface area contributed by atoms with Crippen LogP contribution in [0.3, 0.4) is 0 Å². The third-order valence-corrected chi connectivity index (χ3v) is 5.27. The molecule has 0 radical (unpaired) electrons. The average molecular weight is 443 g/mol.